The Morgan fingerprint density at radius 3 is 2.94 bits per heavy atom. The van der Waals surface area contributed by atoms with Crippen LogP contribution in [-0.4, -0.2) is 23.7 Å². The summed E-state index contributed by atoms with van der Waals surface area (Å²) >= 11 is 6.10. The maximum Gasteiger partial charge on any atom is 0.0937 e. The third kappa shape index (κ3) is 1.82. The number of aromatic nitrogens is 1. The zero-order chi connectivity index (χ0) is 11.7. The van der Waals surface area contributed by atoms with E-state index in [0.29, 0.717) is 11.6 Å². The first kappa shape index (κ1) is 11.5. The molecule has 0 saturated carbocycles. The molecule has 0 aliphatic heterocycles. The van der Waals surface area contributed by atoms with Crippen molar-refractivity contribution in [1.29, 1.82) is 0 Å². The summed E-state index contributed by atoms with van der Waals surface area (Å²) in [6.07, 6.45) is -0.516. The van der Waals surface area contributed by atoms with Gasteiger partial charge >= 0.3 is 0 Å². The average molecular weight is 239 g/mol. The number of hydrogen-bond donors (Lipinski definition) is 3. The molecule has 0 aliphatic rings. The third-order valence-corrected chi connectivity index (χ3v) is 3.07. The lowest BCUT2D eigenvalue weighted by molar-refractivity contribution is 0.178. The Morgan fingerprint density at radius 1 is 1.50 bits per heavy atom. The van der Waals surface area contributed by atoms with Gasteiger partial charge in [0.1, 0.15) is 0 Å². The molecule has 0 amide bonds. The molecule has 1 aromatic heterocycles. The van der Waals surface area contributed by atoms with Crippen molar-refractivity contribution in [2.45, 2.75) is 13.0 Å². The fourth-order valence-electron chi connectivity index (χ4n) is 2.06. The van der Waals surface area contributed by atoms with E-state index >= 15 is 0 Å². The minimum absolute atomic E-state index is 0.516. The molecule has 0 aliphatic carbocycles. The summed E-state index contributed by atoms with van der Waals surface area (Å²) in [7, 11) is 1.82. The monoisotopic (exact) mass is 238 g/mol. The summed E-state index contributed by atoms with van der Waals surface area (Å²) in [5.74, 6) is 0. The number of aryl methyl sites for hydroxylation is 1. The first-order chi connectivity index (χ1) is 7.65. The number of halogens is 1. The van der Waals surface area contributed by atoms with Crippen LogP contribution in [0.1, 0.15) is 17.4 Å². The van der Waals surface area contributed by atoms with Crippen molar-refractivity contribution < 1.29 is 5.11 Å². The number of benzene rings is 1. The number of aliphatic hydroxyl groups excluding tert-OH is 1. The van der Waals surface area contributed by atoms with Gasteiger partial charge in [-0.3, -0.25) is 0 Å². The molecular formula is C12H15ClN2O. The smallest absolute Gasteiger partial charge is 0.0937 e. The van der Waals surface area contributed by atoms with Crippen LogP contribution in [0.3, 0.4) is 0 Å². The second kappa shape index (κ2) is 4.45. The largest absolute Gasteiger partial charge is 0.387 e. The molecule has 0 spiro atoms. The zero-order valence-corrected chi connectivity index (χ0v) is 10.1. The highest BCUT2D eigenvalue weighted by Gasteiger charge is 2.16. The molecule has 0 radical (unpaired) electrons. The van der Waals surface area contributed by atoms with Gasteiger partial charge in [-0.2, -0.15) is 0 Å². The Hall–Kier alpha value is -1.03. The number of rotatable bonds is 3. The molecule has 1 unspecified atom stereocenters. The number of H-pyrrole nitrogens is 1. The summed E-state index contributed by atoms with van der Waals surface area (Å²) in [5.41, 5.74) is 2.78. The normalized spacial score (nSPS) is 13.2. The molecule has 0 fully saturated rings. The fourth-order valence-corrected chi connectivity index (χ4v) is 2.28. The topological polar surface area (TPSA) is 48.0 Å². The Labute approximate surface area is 99.4 Å². The average Bonchev–Trinajstić information content (AvgIpc) is 2.56. The van der Waals surface area contributed by atoms with Gasteiger partial charge < -0.3 is 15.4 Å². The summed E-state index contributed by atoms with van der Waals surface area (Å²) in [5, 5.41) is 14.7. The van der Waals surface area contributed by atoms with Gasteiger partial charge in [0.2, 0.25) is 0 Å². The number of aromatic amines is 1. The minimum Gasteiger partial charge on any atom is -0.387 e. The molecule has 16 heavy (non-hydrogen) atoms. The molecule has 1 heterocycles. The van der Waals surface area contributed by atoms with Crippen LogP contribution in [0, 0.1) is 6.92 Å². The SMILES string of the molecule is CNCC(O)c1c(C)[nH]c2c(Cl)cccc12. The quantitative estimate of drug-likeness (QED) is 0.769. The molecule has 4 heteroatoms. The molecule has 0 bridgehead atoms. The van der Waals surface area contributed by atoms with Crippen molar-refractivity contribution in [3.63, 3.8) is 0 Å². The van der Waals surface area contributed by atoms with Crippen LogP contribution in [0.25, 0.3) is 10.9 Å². The van der Waals surface area contributed by atoms with E-state index in [1.54, 1.807) is 0 Å². The second-order valence-corrected chi connectivity index (χ2v) is 4.31. The first-order valence-corrected chi connectivity index (χ1v) is 5.62. The fraction of sp³-hybridized carbons (Fsp3) is 0.333. The molecule has 1 aromatic carbocycles. The van der Waals surface area contributed by atoms with Crippen LogP contribution < -0.4 is 5.32 Å². The number of hydrogen-bond acceptors (Lipinski definition) is 2. The van der Waals surface area contributed by atoms with Crippen molar-refractivity contribution >= 4 is 22.5 Å². The molecule has 3 nitrogen and oxygen atoms in total. The van der Waals surface area contributed by atoms with Crippen LogP contribution in [0.4, 0.5) is 0 Å². The Kier molecular flexibility index (Phi) is 3.19. The van der Waals surface area contributed by atoms with Crippen molar-refractivity contribution in [2.75, 3.05) is 13.6 Å². The lowest BCUT2D eigenvalue weighted by Crippen LogP contribution is -2.17. The number of likely N-dealkylation sites (N-methyl/N-ethyl adjacent to an activating group) is 1. The Morgan fingerprint density at radius 2 is 2.25 bits per heavy atom. The van der Waals surface area contributed by atoms with Crippen LogP contribution >= 0.6 is 11.6 Å². The maximum absolute atomic E-state index is 10.1. The van der Waals surface area contributed by atoms with Gasteiger partial charge in [0, 0.05) is 23.2 Å². The van der Waals surface area contributed by atoms with Crippen LogP contribution in [-0.2, 0) is 0 Å². The highest BCUT2D eigenvalue weighted by molar-refractivity contribution is 6.35. The summed E-state index contributed by atoms with van der Waals surface area (Å²) in [6, 6.07) is 5.71. The van der Waals surface area contributed by atoms with E-state index < -0.39 is 6.10 Å². The molecule has 3 N–H and O–H groups in total. The maximum atomic E-state index is 10.1. The van der Waals surface area contributed by atoms with E-state index in [1.165, 1.54) is 0 Å². The molecule has 2 aromatic rings. The van der Waals surface area contributed by atoms with E-state index in [4.69, 9.17) is 11.6 Å². The van der Waals surface area contributed by atoms with Gasteiger partial charge in [-0.25, -0.2) is 0 Å². The predicted octanol–water partition coefficient (Wildman–Crippen LogP) is 2.38. The van der Waals surface area contributed by atoms with E-state index in [-0.39, 0.29) is 0 Å². The first-order valence-electron chi connectivity index (χ1n) is 5.24. The number of aliphatic hydroxyl groups is 1. The summed E-state index contributed by atoms with van der Waals surface area (Å²) < 4.78 is 0. The zero-order valence-electron chi connectivity index (χ0n) is 9.34. The predicted molar refractivity (Wildman–Crippen MR) is 66.9 cm³/mol. The van der Waals surface area contributed by atoms with Gasteiger partial charge in [0.25, 0.3) is 0 Å². The van der Waals surface area contributed by atoms with Crippen LogP contribution in [0.5, 0.6) is 0 Å². The molecule has 2 rings (SSSR count). The number of fused-ring (bicyclic) bond motifs is 1. The lowest BCUT2D eigenvalue weighted by atomic mass is 10.1. The Bertz CT molecular complexity index is 507. The van der Waals surface area contributed by atoms with Gasteiger partial charge in [0.15, 0.2) is 0 Å². The van der Waals surface area contributed by atoms with Gasteiger partial charge in [-0.05, 0) is 20.0 Å². The van der Waals surface area contributed by atoms with Crippen molar-refractivity contribution in [1.82, 2.24) is 10.3 Å². The lowest BCUT2D eigenvalue weighted by Gasteiger charge is -2.10. The third-order valence-electron chi connectivity index (χ3n) is 2.75. The summed E-state index contributed by atoms with van der Waals surface area (Å²) in [6.45, 7) is 2.48. The van der Waals surface area contributed by atoms with Gasteiger partial charge in [-0.1, -0.05) is 23.7 Å². The van der Waals surface area contributed by atoms with Crippen LogP contribution in [0.2, 0.25) is 5.02 Å². The molecular weight excluding hydrogens is 224 g/mol. The highest BCUT2D eigenvalue weighted by atomic mass is 35.5. The van der Waals surface area contributed by atoms with E-state index in [9.17, 15) is 5.11 Å². The van der Waals surface area contributed by atoms with Crippen LogP contribution in [0.15, 0.2) is 18.2 Å². The highest BCUT2D eigenvalue weighted by Crippen LogP contribution is 2.31. The van der Waals surface area contributed by atoms with E-state index in [1.807, 2.05) is 32.2 Å². The molecule has 0 saturated heterocycles. The Balaban J connectivity index is 2.60. The van der Waals surface area contributed by atoms with Crippen molar-refractivity contribution in [2.24, 2.45) is 0 Å². The molecule has 86 valence electrons. The number of para-hydroxylation sites is 1. The van der Waals surface area contributed by atoms with Crippen molar-refractivity contribution in [3.05, 3.63) is 34.5 Å². The van der Waals surface area contributed by atoms with Gasteiger partial charge in [-0.15, -0.1) is 0 Å². The van der Waals surface area contributed by atoms with Gasteiger partial charge in [0.05, 0.1) is 16.6 Å². The van der Waals surface area contributed by atoms with E-state index in [0.717, 1.165) is 22.2 Å². The number of nitrogens with one attached hydrogen (secondary N) is 2. The second-order valence-electron chi connectivity index (χ2n) is 3.90. The standard InChI is InChI=1S/C12H15ClN2O/c1-7-11(10(16)6-14-2)8-4-3-5-9(13)12(8)15-7/h3-5,10,14-16H,6H2,1-2H3. The summed E-state index contributed by atoms with van der Waals surface area (Å²) in [4.78, 5) is 3.21. The van der Waals surface area contributed by atoms with Crippen molar-refractivity contribution in [3.8, 4) is 0 Å². The minimum atomic E-state index is -0.516. The molecule has 1 atom stereocenters. The van der Waals surface area contributed by atoms with E-state index in [2.05, 4.69) is 10.3 Å².